The molecule has 2 aromatic heterocycles. The highest BCUT2D eigenvalue weighted by Crippen LogP contribution is 2.11. The zero-order valence-electron chi connectivity index (χ0n) is 10.7. The molecule has 21 heavy (non-hydrogen) atoms. The molecule has 0 atom stereocenters. The van der Waals surface area contributed by atoms with Gasteiger partial charge >= 0.3 is 11.1 Å². The minimum Gasteiger partial charge on any atom is -0.321 e. The first-order chi connectivity index (χ1) is 10.1. The van der Waals surface area contributed by atoms with Crippen LogP contribution in [-0.4, -0.2) is 20.9 Å². The van der Waals surface area contributed by atoms with E-state index in [0.717, 1.165) is 0 Å². The van der Waals surface area contributed by atoms with Crippen molar-refractivity contribution < 1.29 is 4.79 Å². The van der Waals surface area contributed by atoms with Crippen molar-refractivity contribution in [2.75, 3.05) is 5.32 Å². The van der Waals surface area contributed by atoms with Crippen LogP contribution in [0.3, 0.4) is 0 Å². The summed E-state index contributed by atoms with van der Waals surface area (Å²) >= 11 is 0. The lowest BCUT2D eigenvalue weighted by molar-refractivity contribution is 0.102. The number of aromatic nitrogens is 3. The number of hydrogen-bond donors (Lipinski definition) is 3. The van der Waals surface area contributed by atoms with Gasteiger partial charge in [0.25, 0.3) is 5.91 Å². The predicted octanol–water partition coefficient (Wildman–Crippen LogP) is 0.864. The highest BCUT2D eigenvalue weighted by atomic mass is 16.2. The molecule has 7 nitrogen and oxygen atoms in total. The van der Waals surface area contributed by atoms with Gasteiger partial charge in [-0.05, 0) is 30.3 Å². The summed E-state index contributed by atoms with van der Waals surface area (Å²) in [4.78, 5) is 43.4. The summed E-state index contributed by atoms with van der Waals surface area (Å²) in [6.45, 7) is 0. The summed E-state index contributed by atoms with van der Waals surface area (Å²) in [6.07, 6.45) is 3.13. The van der Waals surface area contributed by atoms with Gasteiger partial charge in [-0.25, -0.2) is 0 Å². The number of pyridine rings is 1. The molecule has 0 fully saturated rings. The molecule has 0 saturated heterocycles. The highest BCUT2D eigenvalue weighted by Gasteiger charge is 2.08. The predicted molar refractivity (Wildman–Crippen MR) is 77.4 cm³/mol. The fourth-order valence-electron chi connectivity index (χ4n) is 1.90. The Morgan fingerprint density at radius 3 is 2.52 bits per heavy atom. The van der Waals surface area contributed by atoms with Gasteiger partial charge < -0.3 is 15.3 Å². The number of carbonyl (C=O) groups excluding carboxylic acids is 1. The van der Waals surface area contributed by atoms with Crippen molar-refractivity contribution in [1.29, 1.82) is 0 Å². The number of anilines is 1. The largest absolute Gasteiger partial charge is 0.321 e. The van der Waals surface area contributed by atoms with E-state index in [2.05, 4.69) is 20.3 Å². The van der Waals surface area contributed by atoms with Gasteiger partial charge in [0.2, 0.25) is 0 Å². The normalized spacial score (nSPS) is 10.5. The summed E-state index contributed by atoms with van der Waals surface area (Å²) in [5, 5.41) is 2.68. The Morgan fingerprint density at radius 2 is 1.81 bits per heavy atom. The summed E-state index contributed by atoms with van der Waals surface area (Å²) in [5.74, 6) is -0.336. The van der Waals surface area contributed by atoms with Crippen LogP contribution in [0, 0.1) is 0 Å². The zero-order chi connectivity index (χ0) is 14.8. The van der Waals surface area contributed by atoms with E-state index in [4.69, 9.17) is 0 Å². The quantitative estimate of drug-likeness (QED) is 0.606. The summed E-state index contributed by atoms with van der Waals surface area (Å²) in [5.41, 5.74) is 0.282. The SMILES string of the molecule is O=C(Nc1cccnc1)c1ccc2[nH]c(=O)c(=O)[nH]c2c1. The fraction of sp³-hybridized carbons (Fsp3) is 0. The van der Waals surface area contributed by atoms with Crippen LogP contribution >= 0.6 is 0 Å². The number of amides is 1. The van der Waals surface area contributed by atoms with Crippen molar-refractivity contribution in [2.45, 2.75) is 0 Å². The Kier molecular flexibility index (Phi) is 3.07. The lowest BCUT2D eigenvalue weighted by atomic mass is 10.2. The van der Waals surface area contributed by atoms with Gasteiger partial charge in [-0.15, -0.1) is 0 Å². The molecule has 0 saturated carbocycles. The van der Waals surface area contributed by atoms with Gasteiger partial charge in [-0.2, -0.15) is 0 Å². The van der Waals surface area contributed by atoms with E-state index in [1.54, 1.807) is 30.5 Å². The lowest BCUT2D eigenvalue weighted by Crippen LogP contribution is -2.29. The molecule has 3 N–H and O–H groups in total. The number of nitrogens with one attached hydrogen (secondary N) is 3. The van der Waals surface area contributed by atoms with E-state index >= 15 is 0 Å². The molecule has 1 amide bonds. The van der Waals surface area contributed by atoms with Crippen molar-refractivity contribution in [3.8, 4) is 0 Å². The van der Waals surface area contributed by atoms with E-state index < -0.39 is 11.1 Å². The Bertz CT molecular complexity index is 928. The minimum atomic E-state index is -0.757. The average molecular weight is 282 g/mol. The number of aromatic amines is 2. The number of benzene rings is 1. The van der Waals surface area contributed by atoms with E-state index in [9.17, 15) is 14.4 Å². The third-order valence-electron chi connectivity index (χ3n) is 2.90. The molecule has 0 aliphatic heterocycles. The first kappa shape index (κ1) is 12.8. The van der Waals surface area contributed by atoms with Gasteiger partial charge in [-0.1, -0.05) is 0 Å². The second-order valence-corrected chi connectivity index (χ2v) is 4.36. The third kappa shape index (κ3) is 2.57. The molecule has 7 heteroatoms. The van der Waals surface area contributed by atoms with Crippen molar-refractivity contribution in [3.63, 3.8) is 0 Å². The van der Waals surface area contributed by atoms with Crippen LogP contribution in [0.25, 0.3) is 11.0 Å². The summed E-state index contributed by atoms with van der Waals surface area (Å²) in [7, 11) is 0. The summed E-state index contributed by atoms with van der Waals surface area (Å²) in [6, 6.07) is 8.04. The molecule has 3 aromatic rings. The third-order valence-corrected chi connectivity index (χ3v) is 2.90. The number of fused-ring (bicyclic) bond motifs is 1. The van der Waals surface area contributed by atoms with Crippen LogP contribution in [0.2, 0.25) is 0 Å². The molecule has 1 aromatic carbocycles. The number of H-pyrrole nitrogens is 2. The van der Waals surface area contributed by atoms with Crippen molar-refractivity contribution >= 4 is 22.6 Å². The van der Waals surface area contributed by atoms with E-state index in [1.807, 2.05) is 0 Å². The standard InChI is InChI=1S/C14H10N4O3/c19-12(16-9-2-1-5-15-7-9)8-3-4-10-11(6-8)18-14(21)13(20)17-10/h1-7H,(H,16,19)(H,17,20)(H,18,21). The molecular formula is C14H10N4O3. The second-order valence-electron chi connectivity index (χ2n) is 4.36. The molecular weight excluding hydrogens is 272 g/mol. The first-order valence-electron chi connectivity index (χ1n) is 6.11. The highest BCUT2D eigenvalue weighted by molar-refractivity contribution is 6.05. The Hall–Kier alpha value is -3.22. The molecule has 2 heterocycles. The van der Waals surface area contributed by atoms with E-state index in [0.29, 0.717) is 22.3 Å². The molecule has 0 spiro atoms. The minimum absolute atomic E-state index is 0.336. The number of carbonyl (C=O) groups is 1. The molecule has 0 unspecified atom stereocenters. The van der Waals surface area contributed by atoms with Gasteiger partial charge in [0.05, 0.1) is 22.9 Å². The Morgan fingerprint density at radius 1 is 1.05 bits per heavy atom. The number of rotatable bonds is 2. The molecule has 0 aliphatic carbocycles. The lowest BCUT2D eigenvalue weighted by Gasteiger charge is -2.05. The van der Waals surface area contributed by atoms with Crippen LogP contribution in [-0.2, 0) is 0 Å². The van der Waals surface area contributed by atoms with Crippen LogP contribution in [0.15, 0.2) is 52.3 Å². The Labute approximate surface area is 117 Å². The first-order valence-corrected chi connectivity index (χ1v) is 6.11. The molecule has 104 valence electrons. The van der Waals surface area contributed by atoms with Crippen LogP contribution in [0.5, 0.6) is 0 Å². The van der Waals surface area contributed by atoms with Crippen molar-refractivity contribution in [1.82, 2.24) is 15.0 Å². The maximum absolute atomic E-state index is 12.1. The van der Waals surface area contributed by atoms with Gasteiger partial charge in [0.15, 0.2) is 0 Å². The second kappa shape index (κ2) is 5.04. The smallest absolute Gasteiger partial charge is 0.314 e. The summed E-state index contributed by atoms with van der Waals surface area (Å²) < 4.78 is 0. The van der Waals surface area contributed by atoms with E-state index in [1.165, 1.54) is 12.3 Å². The zero-order valence-corrected chi connectivity index (χ0v) is 10.7. The van der Waals surface area contributed by atoms with Gasteiger partial charge in [0.1, 0.15) is 0 Å². The maximum atomic E-state index is 12.1. The van der Waals surface area contributed by atoms with E-state index in [-0.39, 0.29) is 5.91 Å². The van der Waals surface area contributed by atoms with Gasteiger partial charge in [-0.3, -0.25) is 19.4 Å². The topological polar surface area (TPSA) is 108 Å². The van der Waals surface area contributed by atoms with Crippen LogP contribution in [0.4, 0.5) is 5.69 Å². The molecule has 0 bridgehead atoms. The molecule has 3 rings (SSSR count). The average Bonchev–Trinajstić information content (AvgIpc) is 2.49. The number of nitrogens with zero attached hydrogens (tertiary/aromatic N) is 1. The molecule has 0 aliphatic rings. The van der Waals surface area contributed by atoms with Crippen LogP contribution < -0.4 is 16.4 Å². The van der Waals surface area contributed by atoms with Crippen LogP contribution in [0.1, 0.15) is 10.4 Å². The van der Waals surface area contributed by atoms with Crippen molar-refractivity contribution in [3.05, 3.63) is 69.0 Å². The maximum Gasteiger partial charge on any atom is 0.314 e. The molecule has 0 radical (unpaired) electrons. The monoisotopic (exact) mass is 282 g/mol. The Balaban J connectivity index is 1.97. The fourth-order valence-corrected chi connectivity index (χ4v) is 1.90. The van der Waals surface area contributed by atoms with Crippen molar-refractivity contribution in [2.24, 2.45) is 0 Å². The number of hydrogen-bond acceptors (Lipinski definition) is 4. The van der Waals surface area contributed by atoms with Gasteiger partial charge in [0, 0.05) is 11.8 Å².